The van der Waals surface area contributed by atoms with Crippen molar-refractivity contribution in [2.24, 2.45) is 7.05 Å². The van der Waals surface area contributed by atoms with Crippen molar-refractivity contribution in [1.29, 1.82) is 0 Å². The topological polar surface area (TPSA) is 17.8 Å². The molecule has 0 fully saturated rings. The van der Waals surface area contributed by atoms with Crippen molar-refractivity contribution >= 4 is 32.8 Å². The zero-order valence-corrected chi connectivity index (χ0v) is 14.3. The Morgan fingerprint density at radius 2 is 1.56 bits per heavy atom. The second-order valence-electron chi connectivity index (χ2n) is 6.65. The molecule has 2 aromatic heterocycles. The van der Waals surface area contributed by atoms with E-state index in [2.05, 4.69) is 91.3 Å². The summed E-state index contributed by atoms with van der Waals surface area (Å²) in [5.41, 5.74) is 7.09. The van der Waals surface area contributed by atoms with Gasteiger partial charge >= 0.3 is 0 Å². The number of hydrogen-bond donors (Lipinski definition) is 0. The molecule has 0 amide bonds. The van der Waals surface area contributed by atoms with Crippen LogP contribution in [0.4, 0.5) is 0 Å². The number of fused-ring (bicyclic) bond motifs is 4. The lowest BCUT2D eigenvalue weighted by Gasteiger charge is -2.10. The first-order chi connectivity index (χ1) is 12.2. The Kier molecular flexibility index (Phi) is 2.95. The molecule has 0 atom stereocenters. The van der Waals surface area contributed by atoms with Crippen LogP contribution < -0.4 is 0 Å². The van der Waals surface area contributed by atoms with Crippen LogP contribution in [-0.4, -0.2) is 9.55 Å². The first kappa shape index (κ1) is 14.2. The summed E-state index contributed by atoms with van der Waals surface area (Å²) in [5, 5.41) is 3.70. The molecule has 0 unspecified atom stereocenters. The molecular weight excluding hydrogens is 304 g/mol. The van der Waals surface area contributed by atoms with E-state index in [-0.39, 0.29) is 0 Å². The molecule has 2 heteroatoms. The van der Waals surface area contributed by atoms with Crippen molar-refractivity contribution < 1.29 is 0 Å². The summed E-state index contributed by atoms with van der Waals surface area (Å²) in [6.07, 6.45) is 0. The summed E-state index contributed by atoms with van der Waals surface area (Å²) in [7, 11) is 2.10. The molecule has 3 aromatic carbocycles. The number of aryl methyl sites for hydroxylation is 2. The summed E-state index contributed by atoms with van der Waals surface area (Å²) < 4.78 is 2.20. The van der Waals surface area contributed by atoms with Gasteiger partial charge in [-0.2, -0.15) is 0 Å². The van der Waals surface area contributed by atoms with E-state index in [9.17, 15) is 0 Å². The molecule has 2 nitrogen and oxygen atoms in total. The fourth-order valence-electron chi connectivity index (χ4n) is 3.89. The van der Waals surface area contributed by atoms with Gasteiger partial charge in [0.15, 0.2) is 0 Å². The second kappa shape index (κ2) is 5.18. The monoisotopic (exact) mass is 322 g/mol. The zero-order valence-electron chi connectivity index (χ0n) is 14.3. The molecule has 2 heterocycles. The fraction of sp³-hybridized carbons (Fsp3) is 0.0870. The van der Waals surface area contributed by atoms with Crippen LogP contribution in [0.25, 0.3) is 44.0 Å². The maximum absolute atomic E-state index is 4.99. The van der Waals surface area contributed by atoms with E-state index in [0.717, 1.165) is 11.2 Å². The van der Waals surface area contributed by atoms with Crippen molar-refractivity contribution in [2.75, 3.05) is 0 Å². The minimum atomic E-state index is 1.04. The van der Waals surface area contributed by atoms with Gasteiger partial charge in [-0.05, 0) is 24.6 Å². The zero-order chi connectivity index (χ0) is 17.0. The van der Waals surface area contributed by atoms with Gasteiger partial charge < -0.3 is 4.57 Å². The Balaban J connectivity index is 2.10. The number of para-hydroxylation sites is 2. The van der Waals surface area contributed by atoms with Gasteiger partial charge in [-0.1, -0.05) is 66.2 Å². The molecule has 0 aliphatic rings. The third-order valence-electron chi connectivity index (χ3n) is 5.03. The van der Waals surface area contributed by atoms with Gasteiger partial charge in [0.05, 0.1) is 11.0 Å². The summed E-state index contributed by atoms with van der Waals surface area (Å²) in [6.45, 7) is 2.15. The minimum absolute atomic E-state index is 1.04. The highest BCUT2D eigenvalue weighted by molar-refractivity contribution is 6.20. The van der Waals surface area contributed by atoms with Gasteiger partial charge in [0.25, 0.3) is 0 Å². The lowest BCUT2D eigenvalue weighted by atomic mass is 9.95. The highest BCUT2D eigenvalue weighted by Crippen LogP contribution is 2.39. The van der Waals surface area contributed by atoms with E-state index in [4.69, 9.17) is 4.98 Å². The summed E-state index contributed by atoms with van der Waals surface area (Å²) >= 11 is 0. The second-order valence-corrected chi connectivity index (χ2v) is 6.65. The molecule has 0 saturated carbocycles. The number of nitrogens with zero attached hydrogens (tertiary/aromatic N) is 2. The van der Waals surface area contributed by atoms with Crippen LogP contribution in [0.15, 0.2) is 72.8 Å². The predicted octanol–water partition coefficient (Wildman–Crippen LogP) is 5.86. The van der Waals surface area contributed by atoms with Crippen LogP contribution in [0.2, 0.25) is 0 Å². The van der Waals surface area contributed by atoms with E-state index in [1.807, 2.05) is 0 Å². The maximum Gasteiger partial charge on any atom is 0.142 e. The van der Waals surface area contributed by atoms with Crippen LogP contribution in [-0.2, 0) is 7.05 Å². The highest BCUT2D eigenvalue weighted by atomic mass is 15.0. The lowest BCUT2D eigenvalue weighted by Crippen LogP contribution is -1.92. The van der Waals surface area contributed by atoms with Gasteiger partial charge in [0.2, 0.25) is 0 Å². The van der Waals surface area contributed by atoms with Crippen LogP contribution in [0.1, 0.15) is 5.56 Å². The largest absolute Gasteiger partial charge is 0.328 e. The van der Waals surface area contributed by atoms with Crippen LogP contribution >= 0.6 is 0 Å². The van der Waals surface area contributed by atoms with Crippen LogP contribution in [0.3, 0.4) is 0 Å². The lowest BCUT2D eigenvalue weighted by molar-refractivity contribution is 0.994. The Labute approximate surface area is 146 Å². The smallest absolute Gasteiger partial charge is 0.142 e. The first-order valence-electron chi connectivity index (χ1n) is 8.57. The van der Waals surface area contributed by atoms with Crippen molar-refractivity contribution in [3.8, 4) is 11.1 Å². The summed E-state index contributed by atoms with van der Waals surface area (Å²) in [6, 6.07) is 25.8. The standard InChI is InChI=1S/C23H18N2/c1-15-8-7-9-16(14-15)21-17-10-3-5-12-19(17)24-23-22(21)18-11-4-6-13-20(18)25(23)2/h3-14H,1-2H3. The van der Waals surface area contributed by atoms with E-state index in [1.165, 1.54) is 38.4 Å². The van der Waals surface area contributed by atoms with Crippen LogP contribution in [0, 0.1) is 6.92 Å². The average Bonchev–Trinajstić information content (AvgIpc) is 2.92. The summed E-state index contributed by atoms with van der Waals surface area (Å²) in [4.78, 5) is 4.99. The Bertz CT molecular complexity index is 1260. The Hall–Kier alpha value is -3.13. The quantitative estimate of drug-likeness (QED) is 0.378. The summed E-state index contributed by atoms with van der Waals surface area (Å²) in [5.74, 6) is 0. The number of hydrogen-bond acceptors (Lipinski definition) is 1. The third kappa shape index (κ3) is 2.01. The molecule has 25 heavy (non-hydrogen) atoms. The van der Waals surface area contributed by atoms with Gasteiger partial charge in [-0.3, -0.25) is 0 Å². The number of pyridine rings is 1. The molecule has 5 aromatic rings. The molecule has 0 bridgehead atoms. The molecule has 0 aliphatic heterocycles. The number of benzene rings is 3. The van der Waals surface area contributed by atoms with Gasteiger partial charge in [-0.25, -0.2) is 4.98 Å². The molecule has 5 rings (SSSR count). The van der Waals surface area contributed by atoms with Crippen molar-refractivity contribution in [3.63, 3.8) is 0 Å². The van der Waals surface area contributed by atoms with Gasteiger partial charge in [-0.15, -0.1) is 0 Å². The Morgan fingerprint density at radius 1 is 0.800 bits per heavy atom. The molecule has 0 aliphatic carbocycles. The Morgan fingerprint density at radius 3 is 2.40 bits per heavy atom. The van der Waals surface area contributed by atoms with E-state index < -0.39 is 0 Å². The molecule has 0 N–H and O–H groups in total. The van der Waals surface area contributed by atoms with Crippen molar-refractivity contribution in [1.82, 2.24) is 9.55 Å². The normalized spacial score (nSPS) is 11.6. The van der Waals surface area contributed by atoms with Gasteiger partial charge in [0, 0.05) is 28.8 Å². The number of aromatic nitrogens is 2. The molecule has 0 saturated heterocycles. The van der Waals surface area contributed by atoms with E-state index >= 15 is 0 Å². The van der Waals surface area contributed by atoms with Crippen molar-refractivity contribution in [2.45, 2.75) is 6.92 Å². The SMILES string of the molecule is Cc1cccc(-c2c3ccccc3nc3c2c2ccccc2n3C)c1. The number of rotatable bonds is 1. The van der Waals surface area contributed by atoms with Gasteiger partial charge in [0.1, 0.15) is 5.65 Å². The molecular formula is C23H18N2. The molecule has 120 valence electrons. The average molecular weight is 322 g/mol. The van der Waals surface area contributed by atoms with Crippen LogP contribution in [0.5, 0.6) is 0 Å². The minimum Gasteiger partial charge on any atom is -0.328 e. The maximum atomic E-state index is 4.99. The first-order valence-corrected chi connectivity index (χ1v) is 8.57. The van der Waals surface area contributed by atoms with E-state index in [0.29, 0.717) is 0 Å². The van der Waals surface area contributed by atoms with Crippen molar-refractivity contribution in [3.05, 3.63) is 78.4 Å². The molecule has 0 radical (unpaired) electrons. The predicted molar refractivity (Wildman–Crippen MR) is 106 cm³/mol. The van der Waals surface area contributed by atoms with E-state index in [1.54, 1.807) is 0 Å². The fourth-order valence-corrected chi connectivity index (χ4v) is 3.89. The molecule has 0 spiro atoms. The highest BCUT2D eigenvalue weighted by Gasteiger charge is 2.17. The third-order valence-corrected chi connectivity index (χ3v) is 5.03.